The Morgan fingerprint density at radius 2 is 0.645 bits per heavy atom. The average molecular weight is 1950 g/mol. The molecule has 2 saturated heterocycles. The zero-order valence-electron chi connectivity index (χ0n) is 78.1. The van der Waals surface area contributed by atoms with Gasteiger partial charge in [-0.15, -0.1) is 0 Å². The fraction of sp³-hybridized carbons (Fsp3) is 0.348. The van der Waals surface area contributed by atoms with Crippen molar-refractivity contribution in [3.8, 4) is 56.3 Å². The summed E-state index contributed by atoms with van der Waals surface area (Å²) in [7, 11) is 11.2. The van der Waals surface area contributed by atoms with Crippen molar-refractivity contribution in [1.82, 2.24) is 153 Å². The Balaban J connectivity index is 0.000000115. The smallest absolute Gasteiger partial charge is 0.180 e. The Kier molecular flexibility index (Phi) is 29.8. The van der Waals surface area contributed by atoms with E-state index in [9.17, 15) is 5.11 Å². The second-order valence-corrected chi connectivity index (χ2v) is 37.8. The zero-order valence-corrected chi connectivity index (χ0v) is 82.2. The number of unbranched alkanes of at least 4 members (excludes halogenated alkanes) is 1. The number of fused-ring (bicyclic) bond motifs is 5. The molecule has 0 spiro atoms. The van der Waals surface area contributed by atoms with E-state index in [2.05, 4.69) is 150 Å². The second-order valence-electron chi connectivity index (χ2n) is 33.7. The highest BCUT2D eigenvalue weighted by atomic mass is 32.1. The third kappa shape index (κ3) is 22.3. The van der Waals surface area contributed by atoms with Crippen molar-refractivity contribution >= 4 is 140 Å². The van der Waals surface area contributed by atoms with Crippen LogP contribution in [0.5, 0.6) is 0 Å². The lowest BCUT2D eigenvalue weighted by atomic mass is 10.1. The normalized spacial score (nSPS) is 13.6. The predicted molar refractivity (Wildman–Crippen MR) is 540 cm³/mol. The summed E-state index contributed by atoms with van der Waals surface area (Å²) in [6.45, 7) is 13.7. The number of aliphatic hydroxyl groups is 2. The van der Waals surface area contributed by atoms with Crippen molar-refractivity contribution in [3.05, 3.63) is 211 Å². The number of nitrogens with zero attached hydrogens (tertiary/aromatic N) is 30. The highest BCUT2D eigenvalue weighted by molar-refractivity contribution is 7.11. The maximum atomic E-state index is 9.26. The molecule has 22 heterocycles. The summed E-state index contributed by atoms with van der Waals surface area (Å²) >= 11 is 7.15. The molecule has 22 rings (SSSR count). The van der Waals surface area contributed by atoms with Crippen LogP contribution in [0.4, 0.5) is 54.1 Å². The molecule has 41 nitrogen and oxygen atoms in total. The molecule has 46 heteroatoms. The first-order valence-electron chi connectivity index (χ1n) is 45.5. The lowest BCUT2D eigenvalue weighted by Gasteiger charge is -2.09. The van der Waals surface area contributed by atoms with Crippen LogP contribution in [0.3, 0.4) is 0 Å². The van der Waals surface area contributed by atoms with Crippen molar-refractivity contribution < 1.29 is 14.9 Å². The summed E-state index contributed by atoms with van der Waals surface area (Å²) in [6.07, 6.45) is 49.0. The summed E-state index contributed by atoms with van der Waals surface area (Å²) in [6, 6.07) is 10.2. The molecule has 0 saturated carbocycles. The summed E-state index contributed by atoms with van der Waals surface area (Å²) in [5.41, 5.74) is 29.4. The van der Waals surface area contributed by atoms with Gasteiger partial charge in [-0.25, -0.2) is 49.8 Å². The van der Waals surface area contributed by atoms with Crippen LogP contribution >= 0.6 is 57.7 Å². The molecule has 138 heavy (non-hydrogen) atoms. The molecule has 0 aliphatic carbocycles. The number of anilines is 10. The van der Waals surface area contributed by atoms with Gasteiger partial charge in [-0.1, -0.05) is 13.3 Å². The number of aromatic nitrogens is 30. The molecule has 0 aromatic carbocycles. The fourth-order valence-corrected chi connectivity index (χ4v) is 19.6. The first kappa shape index (κ1) is 94.4. The highest BCUT2D eigenvalue weighted by Gasteiger charge is 2.26. The Bertz CT molecular complexity index is 7300. The maximum Gasteiger partial charge on any atom is 0.180 e. The number of aliphatic hydroxyl groups excluding tert-OH is 2. The van der Waals surface area contributed by atoms with Crippen LogP contribution in [-0.2, 0) is 72.1 Å². The topological polar surface area (TPSA) is 464 Å². The lowest BCUT2D eigenvalue weighted by Crippen LogP contribution is -2.08. The summed E-state index contributed by atoms with van der Waals surface area (Å²) in [4.78, 5) is 46.9. The Hall–Kier alpha value is -13.9. The zero-order chi connectivity index (χ0) is 95.3. The lowest BCUT2D eigenvalue weighted by molar-refractivity contribution is 0.195. The van der Waals surface area contributed by atoms with Crippen LogP contribution in [0.2, 0.25) is 0 Å². The molecule has 11 N–H and O–H groups in total. The van der Waals surface area contributed by atoms with Crippen LogP contribution in [0.25, 0.3) is 84.5 Å². The number of ether oxygens (including phenoxy) is 1. The Morgan fingerprint density at radius 3 is 0.884 bits per heavy atom. The molecule has 2 atom stereocenters. The van der Waals surface area contributed by atoms with Gasteiger partial charge in [0.1, 0.15) is 25.0 Å². The first-order chi connectivity index (χ1) is 67.3. The first-order valence-corrected chi connectivity index (χ1v) is 49.4. The third-order valence-corrected chi connectivity index (χ3v) is 26.8. The Labute approximate surface area is 814 Å². The SMILES string of the molecule is CCCCc1cn2c(-c3cnn(C)c3)cnc2c(Nc2cc(C)ns2)n1.COCCCc1cn2c(-c3cnn(C)c3)cnc2c(Nc2cc(C3CCNC3)ns2)n1.Cc1cc(Nc2nc(CCCO)cn3c(-c4cnn(C)c4)cnc23)sn1.Cc1cc(Nc2nc(CCN)cn3c(-c4cnn(C)c4)cnc23)sn1.Cn1cc(-c2cnc3c(Nc4cc(C5CCNC5)ns4)nc(CCCO)cn23)cn1. The monoisotopic (exact) mass is 1950 g/mol. The number of nitrogens with two attached hydrogens (primary N) is 1. The van der Waals surface area contributed by atoms with Gasteiger partial charge in [0.15, 0.2) is 57.3 Å². The molecular weight excluding hydrogens is 1850 g/mol. The van der Waals surface area contributed by atoms with Crippen LogP contribution in [-0.4, -0.2) is 212 Å². The fourth-order valence-electron chi connectivity index (χ4n) is 16.2. The van der Waals surface area contributed by atoms with Crippen molar-refractivity contribution in [3.63, 3.8) is 0 Å². The van der Waals surface area contributed by atoms with E-state index in [0.717, 1.165) is 249 Å². The highest BCUT2D eigenvalue weighted by Crippen LogP contribution is 2.37. The molecule has 2 unspecified atom stereocenters. The number of hydrogen-bond donors (Lipinski definition) is 10. The average Bonchev–Trinajstić information content (AvgIpc) is 1.64. The van der Waals surface area contributed by atoms with Crippen LogP contribution in [0, 0.1) is 20.8 Å². The molecule has 20 aromatic rings. The van der Waals surface area contributed by atoms with Crippen LogP contribution in [0.15, 0.2) is 154 Å². The molecular formula is C92H108N38O3S5. The molecule has 20 aromatic heterocycles. The van der Waals surface area contributed by atoms with Crippen molar-refractivity contribution in [1.29, 1.82) is 0 Å². The van der Waals surface area contributed by atoms with Gasteiger partial charge in [-0.2, -0.15) is 47.4 Å². The van der Waals surface area contributed by atoms with Gasteiger partial charge < -0.3 is 57.9 Å². The minimum absolute atomic E-state index is 0.134. The second kappa shape index (κ2) is 43.6. The number of imidazole rings is 5. The summed E-state index contributed by atoms with van der Waals surface area (Å²) in [5.74, 6) is 4.54. The molecule has 0 amide bonds. The van der Waals surface area contributed by atoms with E-state index < -0.39 is 0 Å². The van der Waals surface area contributed by atoms with Gasteiger partial charge in [0.25, 0.3) is 0 Å². The van der Waals surface area contributed by atoms with E-state index in [-0.39, 0.29) is 13.2 Å². The number of methoxy groups -OCH3 is 1. The van der Waals surface area contributed by atoms with E-state index in [1.165, 1.54) is 57.7 Å². The van der Waals surface area contributed by atoms with Gasteiger partial charge in [0, 0.05) is 183 Å². The van der Waals surface area contributed by atoms with E-state index in [1.54, 1.807) is 30.5 Å². The van der Waals surface area contributed by atoms with Gasteiger partial charge in [0.2, 0.25) is 0 Å². The number of nitrogens with one attached hydrogen (secondary N) is 7. The van der Waals surface area contributed by atoms with Crippen molar-refractivity contribution in [2.45, 2.75) is 117 Å². The quantitative estimate of drug-likeness (QED) is 0.0175. The number of hydrogen-bond acceptors (Lipinski definition) is 36. The summed E-state index contributed by atoms with van der Waals surface area (Å²) < 4.78 is 46.7. The van der Waals surface area contributed by atoms with Gasteiger partial charge in [-0.3, -0.25) is 45.4 Å². The van der Waals surface area contributed by atoms with E-state index in [1.807, 2.05) is 199 Å². The van der Waals surface area contributed by atoms with E-state index in [0.29, 0.717) is 74.5 Å². The third-order valence-electron chi connectivity index (χ3n) is 23.0. The van der Waals surface area contributed by atoms with Gasteiger partial charge >= 0.3 is 0 Å². The van der Waals surface area contributed by atoms with Crippen LogP contribution < -0.4 is 43.0 Å². The standard InChI is InChI=1S/C21H26N8OS.C20H24N8OS.C18H21N7S.C17H19N7OS.C16H18N8S/c1-28-12-15(10-24-28)18-11-23-21-20(25-16(13-29(18)21)4-3-7-30-2)26-19-8-17(27-31-19)14-5-6-22-9-14;1-27-11-14(9-23-27)17-10-22-20-19(24-15(3-2-6-29)12-28(17)20)25-18-7-16(26-30-18)13-4-5-21-8-13;1-4-5-6-14-11-25-15(13-8-20-24(3)10-13)9-19-18(25)17(21-14)22-16-7-12(2)23-26-16;1-11-6-15(26-22-11)21-16-17-18-8-14(12-7-19-23(2)9-12)24(17)10-13(20-16)4-3-5-25;1-10-5-14(25-22-10)21-15-16-18-7-13(11-6-19-23(2)8-11)24(16)9-12(20-15)3-4-17/h8,10-14,22H,3-7,9H2,1-2H3,(H,25,26);7,9-13,21,29H,2-6,8H2,1H3,(H,24,25);7-11H,4-6H2,1-3H3,(H,21,22);6-10,25H,3-5H2,1-2H3,(H,20,21);5-9H,3-4,17H2,1-2H3,(H,20,21). The minimum atomic E-state index is 0.134. The predicted octanol–water partition coefficient (Wildman–Crippen LogP) is 14.0. The molecule has 0 radical (unpaired) electrons. The minimum Gasteiger partial charge on any atom is -0.396 e. The summed E-state index contributed by atoms with van der Waals surface area (Å²) in [5, 5.41) is 68.3. The van der Waals surface area contributed by atoms with E-state index >= 15 is 0 Å². The Morgan fingerprint density at radius 1 is 0.370 bits per heavy atom. The molecule has 2 aliphatic rings. The van der Waals surface area contributed by atoms with E-state index in [4.69, 9.17) is 40.5 Å². The van der Waals surface area contributed by atoms with Gasteiger partial charge in [0.05, 0.1) is 147 Å². The molecule has 2 aliphatic heterocycles. The van der Waals surface area contributed by atoms with Crippen molar-refractivity contribution in [2.75, 3.05) is 86.2 Å². The number of aryl methyl sites for hydroxylation is 12. The molecule has 0 bridgehead atoms. The number of rotatable bonds is 32. The largest absolute Gasteiger partial charge is 0.396 e. The van der Waals surface area contributed by atoms with Crippen molar-refractivity contribution in [2.24, 2.45) is 41.0 Å². The van der Waals surface area contributed by atoms with Crippen LogP contribution in [0.1, 0.15) is 121 Å². The maximum absolute atomic E-state index is 9.26. The molecule has 714 valence electrons. The molecule has 2 fully saturated rings. The van der Waals surface area contributed by atoms with Gasteiger partial charge in [-0.05, 0) is 193 Å².